The Balaban J connectivity index is 0.00000208. The molecule has 0 saturated carbocycles. The van der Waals surface area contributed by atoms with Crippen LogP contribution in [0.4, 0.5) is 0 Å². The minimum atomic E-state index is 0. The highest BCUT2D eigenvalue weighted by Gasteiger charge is 2.33. The summed E-state index contributed by atoms with van der Waals surface area (Å²) in [5, 5.41) is 3.43. The molecule has 0 radical (unpaired) electrons. The van der Waals surface area contributed by atoms with Gasteiger partial charge in [0.2, 0.25) is 5.91 Å². The van der Waals surface area contributed by atoms with Gasteiger partial charge in [0.25, 0.3) is 0 Å². The molecule has 1 N–H and O–H groups in total. The summed E-state index contributed by atoms with van der Waals surface area (Å²) in [6.45, 7) is 7.53. The van der Waals surface area contributed by atoms with Crippen LogP contribution in [-0.4, -0.2) is 63.5 Å². The van der Waals surface area contributed by atoms with E-state index in [4.69, 9.17) is 0 Å². The Kier molecular flexibility index (Phi) is 6.66. The van der Waals surface area contributed by atoms with Crippen LogP contribution in [0.2, 0.25) is 0 Å². The van der Waals surface area contributed by atoms with Gasteiger partial charge in [-0.3, -0.25) is 9.69 Å². The van der Waals surface area contributed by atoms with Crippen molar-refractivity contribution in [2.45, 2.75) is 51.2 Å². The summed E-state index contributed by atoms with van der Waals surface area (Å²) in [6, 6.07) is 0.893. The Morgan fingerprint density at radius 3 is 2.67 bits per heavy atom. The number of aryl methyl sites for hydroxylation is 1. The Morgan fingerprint density at radius 1 is 1.33 bits per heavy atom. The van der Waals surface area contributed by atoms with E-state index in [9.17, 15) is 4.79 Å². The van der Waals surface area contributed by atoms with Crippen molar-refractivity contribution in [2.24, 2.45) is 7.05 Å². The highest BCUT2D eigenvalue weighted by molar-refractivity contribution is 5.85. The molecular weight excluding hydrogens is 326 g/mol. The maximum Gasteiger partial charge on any atom is 0.237 e. The Labute approximate surface area is 151 Å². The molecule has 2 aliphatic rings. The van der Waals surface area contributed by atoms with E-state index in [0.717, 1.165) is 38.3 Å². The summed E-state index contributed by atoms with van der Waals surface area (Å²) in [7, 11) is 2.02. The average Bonchev–Trinajstić information content (AvgIpc) is 2.93. The number of piperazine rings is 1. The van der Waals surface area contributed by atoms with Gasteiger partial charge in [-0.2, -0.15) is 0 Å². The molecule has 136 valence electrons. The molecule has 0 aliphatic carbocycles. The minimum absolute atomic E-state index is 0. The first-order chi connectivity index (χ1) is 11.1. The van der Waals surface area contributed by atoms with E-state index in [1.54, 1.807) is 0 Å². The number of halogens is 1. The molecule has 3 atom stereocenters. The molecule has 1 aromatic heterocycles. The number of hydrogen-bond donors (Lipinski definition) is 1. The van der Waals surface area contributed by atoms with Crippen LogP contribution in [0.3, 0.4) is 0 Å². The summed E-state index contributed by atoms with van der Waals surface area (Å²) in [6.07, 6.45) is 7.29. The van der Waals surface area contributed by atoms with Crippen molar-refractivity contribution in [3.8, 4) is 0 Å². The quantitative estimate of drug-likeness (QED) is 0.894. The molecule has 0 spiro atoms. The van der Waals surface area contributed by atoms with Gasteiger partial charge in [0.1, 0.15) is 5.82 Å². The SMILES string of the molecule is CC1CCCC(C)N1C(=O)CN1CCNCC1c1nccn1C.Cl. The first-order valence-electron chi connectivity index (χ1n) is 8.81. The van der Waals surface area contributed by atoms with Crippen molar-refractivity contribution in [1.82, 2.24) is 24.7 Å². The zero-order chi connectivity index (χ0) is 16.4. The van der Waals surface area contributed by atoms with Gasteiger partial charge in [-0.25, -0.2) is 4.98 Å². The second-order valence-corrected chi connectivity index (χ2v) is 7.02. The van der Waals surface area contributed by atoms with Gasteiger partial charge in [0.15, 0.2) is 0 Å². The lowest BCUT2D eigenvalue weighted by molar-refractivity contribution is -0.139. The lowest BCUT2D eigenvalue weighted by atomic mass is 9.97. The van der Waals surface area contributed by atoms with Gasteiger partial charge in [-0.05, 0) is 33.1 Å². The van der Waals surface area contributed by atoms with Gasteiger partial charge in [0.05, 0.1) is 12.6 Å². The smallest absolute Gasteiger partial charge is 0.237 e. The fourth-order valence-electron chi connectivity index (χ4n) is 4.06. The third-order valence-electron chi connectivity index (χ3n) is 5.33. The predicted octanol–water partition coefficient (Wildman–Crippen LogP) is 1.58. The second kappa shape index (κ2) is 8.32. The largest absolute Gasteiger partial charge is 0.337 e. The Bertz CT molecular complexity index is 539. The Morgan fingerprint density at radius 2 is 2.04 bits per heavy atom. The van der Waals surface area contributed by atoms with E-state index >= 15 is 0 Å². The van der Waals surface area contributed by atoms with Crippen LogP contribution >= 0.6 is 12.4 Å². The van der Waals surface area contributed by atoms with Gasteiger partial charge in [-0.1, -0.05) is 0 Å². The highest BCUT2D eigenvalue weighted by Crippen LogP contribution is 2.25. The number of imidazole rings is 1. The number of hydrogen-bond acceptors (Lipinski definition) is 4. The average molecular weight is 356 g/mol. The molecule has 0 aromatic carbocycles. The van der Waals surface area contributed by atoms with Crippen LogP contribution in [0.15, 0.2) is 12.4 Å². The molecule has 2 aliphatic heterocycles. The lowest BCUT2D eigenvalue weighted by Crippen LogP contribution is -2.54. The zero-order valence-electron chi connectivity index (χ0n) is 14.9. The van der Waals surface area contributed by atoms with Crippen LogP contribution in [0.1, 0.15) is 45.0 Å². The van der Waals surface area contributed by atoms with Crippen LogP contribution in [0.5, 0.6) is 0 Å². The van der Waals surface area contributed by atoms with Gasteiger partial charge in [0, 0.05) is 51.2 Å². The lowest BCUT2D eigenvalue weighted by Gasteiger charge is -2.42. The number of piperidine rings is 1. The first-order valence-corrected chi connectivity index (χ1v) is 8.81. The normalized spacial score (nSPS) is 28.5. The second-order valence-electron chi connectivity index (χ2n) is 7.02. The molecule has 7 heteroatoms. The first kappa shape index (κ1) is 19.2. The van der Waals surface area contributed by atoms with Crippen molar-refractivity contribution in [3.05, 3.63) is 18.2 Å². The van der Waals surface area contributed by atoms with Crippen molar-refractivity contribution in [3.63, 3.8) is 0 Å². The predicted molar refractivity (Wildman–Crippen MR) is 97.3 cm³/mol. The maximum absolute atomic E-state index is 12.9. The van der Waals surface area contributed by atoms with Gasteiger partial charge < -0.3 is 14.8 Å². The van der Waals surface area contributed by atoms with Crippen LogP contribution < -0.4 is 5.32 Å². The van der Waals surface area contributed by atoms with E-state index in [1.807, 2.05) is 19.4 Å². The van der Waals surface area contributed by atoms with E-state index in [-0.39, 0.29) is 24.4 Å². The molecule has 3 unspecified atom stereocenters. The van der Waals surface area contributed by atoms with Crippen LogP contribution in [0.25, 0.3) is 0 Å². The fraction of sp³-hybridized carbons (Fsp3) is 0.765. The number of nitrogens with zero attached hydrogens (tertiary/aromatic N) is 4. The Hall–Kier alpha value is -1.11. The number of rotatable bonds is 3. The number of carbonyl (C=O) groups excluding carboxylic acids is 1. The maximum atomic E-state index is 12.9. The summed E-state index contributed by atoms with van der Waals surface area (Å²) in [5.41, 5.74) is 0. The van der Waals surface area contributed by atoms with Crippen molar-refractivity contribution < 1.29 is 4.79 Å². The number of carbonyl (C=O) groups is 1. The molecule has 3 heterocycles. The molecule has 1 aromatic rings. The highest BCUT2D eigenvalue weighted by atomic mass is 35.5. The van der Waals surface area contributed by atoms with Crippen molar-refractivity contribution in [2.75, 3.05) is 26.2 Å². The zero-order valence-corrected chi connectivity index (χ0v) is 15.8. The summed E-state index contributed by atoms with van der Waals surface area (Å²) < 4.78 is 2.06. The minimum Gasteiger partial charge on any atom is -0.337 e. The van der Waals surface area contributed by atoms with Gasteiger partial charge in [-0.15, -0.1) is 12.4 Å². The number of amides is 1. The monoisotopic (exact) mass is 355 g/mol. The molecule has 3 rings (SSSR count). The third kappa shape index (κ3) is 3.92. The van der Waals surface area contributed by atoms with E-state index < -0.39 is 0 Å². The standard InChI is InChI=1S/C17H29N5O.ClH/c1-13-5-4-6-14(2)22(13)16(23)12-21-10-7-18-11-15(21)17-19-8-9-20(17)3;/h8-9,13-15,18H,4-7,10-12H2,1-3H3;1H. The molecular formula is C17H30ClN5O. The van der Waals surface area contributed by atoms with E-state index in [1.165, 1.54) is 6.42 Å². The fourth-order valence-corrected chi connectivity index (χ4v) is 4.06. The number of likely N-dealkylation sites (tertiary alicyclic amines) is 1. The number of nitrogens with one attached hydrogen (secondary N) is 1. The topological polar surface area (TPSA) is 53.4 Å². The van der Waals surface area contributed by atoms with Crippen molar-refractivity contribution >= 4 is 18.3 Å². The third-order valence-corrected chi connectivity index (χ3v) is 5.33. The summed E-state index contributed by atoms with van der Waals surface area (Å²) in [5.74, 6) is 1.30. The molecule has 1 amide bonds. The molecule has 0 bridgehead atoms. The van der Waals surface area contributed by atoms with Crippen LogP contribution in [0, 0.1) is 0 Å². The molecule has 2 fully saturated rings. The van der Waals surface area contributed by atoms with Gasteiger partial charge >= 0.3 is 0 Å². The van der Waals surface area contributed by atoms with Crippen LogP contribution in [-0.2, 0) is 11.8 Å². The molecule has 2 saturated heterocycles. The summed E-state index contributed by atoms with van der Waals surface area (Å²) >= 11 is 0. The van der Waals surface area contributed by atoms with E-state index in [2.05, 4.69) is 38.5 Å². The van der Waals surface area contributed by atoms with Crippen molar-refractivity contribution in [1.29, 1.82) is 0 Å². The number of aromatic nitrogens is 2. The molecule has 24 heavy (non-hydrogen) atoms. The molecule has 6 nitrogen and oxygen atoms in total. The van der Waals surface area contributed by atoms with E-state index in [0.29, 0.717) is 18.6 Å². The summed E-state index contributed by atoms with van der Waals surface area (Å²) in [4.78, 5) is 21.8.